The minimum absolute atomic E-state index is 0.285. The van der Waals surface area contributed by atoms with E-state index in [1.54, 1.807) is 23.6 Å². The van der Waals surface area contributed by atoms with E-state index < -0.39 is 10.0 Å². The molecule has 2 aromatic rings. The van der Waals surface area contributed by atoms with Crippen molar-refractivity contribution in [3.8, 4) is 0 Å². The first-order valence-electron chi connectivity index (χ1n) is 6.46. The van der Waals surface area contributed by atoms with Crippen molar-refractivity contribution < 1.29 is 8.42 Å². The van der Waals surface area contributed by atoms with Crippen molar-refractivity contribution in [3.05, 3.63) is 45.7 Å². The Morgan fingerprint density at radius 2 is 1.86 bits per heavy atom. The van der Waals surface area contributed by atoms with Crippen LogP contribution in [0.3, 0.4) is 0 Å². The second-order valence-electron chi connectivity index (χ2n) is 4.89. The Hall–Kier alpha value is -0.890. The SMILES string of the molecule is CC(C)NCc1ccc(NS(=O)(=O)c2sccc2Br)cc1. The smallest absolute Gasteiger partial charge is 0.272 e. The van der Waals surface area contributed by atoms with Gasteiger partial charge in [-0.05, 0) is 45.1 Å². The maximum Gasteiger partial charge on any atom is 0.272 e. The lowest BCUT2D eigenvalue weighted by Crippen LogP contribution is -2.21. The number of rotatable bonds is 6. The number of nitrogens with one attached hydrogen (secondary N) is 2. The number of hydrogen-bond acceptors (Lipinski definition) is 4. The van der Waals surface area contributed by atoms with Gasteiger partial charge in [-0.15, -0.1) is 11.3 Å². The van der Waals surface area contributed by atoms with Gasteiger partial charge in [0.25, 0.3) is 10.0 Å². The molecule has 21 heavy (non-hydrogen) atoms. The first-order chi connectivity index (χ1) is 9.88. The molecule has 0 amide bonds. The van der Waals surface area contributed by atoms with Crippen LogP contribution >= 0.6 is 27.3 Å². The van der Waals surface area contributed by atoms with Crippen LogP contribution in [0.5, 0.6) is 0 Å². The third-order valence-electron chi connectivity index (χ3n) is 2.75. The molecule has 2 N–H and O–H groups in total. The third-order valence-corrected chi connectivity index (χ3v) is 6.80. The number of hydrogen-bond donors (Lipinski definition) is 2. The minimum Gasteiger partial charge on any atom is -0.310 e. The Kier molecular flexibility index (Phi) is 5.43. The zero-order chi connectivity index (χ0) is 15.5. The fraction of sp³-hybridized carbons (Fsp3) is 0.286. The van der Waals surface area contributed by atoms with Crippen LogP contribution in [0.15, 0.2) is 44.4 Å². The highest BCUT2D eigenvalue weighted by Crippen LogP contribution is 2.29. The lowest BCUT2D eigenvalue weighted by molar-refractivity contribution is 0.589. The van der Waals surface area contributed by atoms with Crippen LogP contribution in [0, 0.1) is 0 Å². The van der Waals surface area contributed by atoms with Gasteiger partial charge in [-0.3, -0.25) is 4.72 Å². The Labute approximate surface area is 137 Å². The second-order valence-corrected chi connectivity index (χ2v) is 8.54. The van der Waals surface area contributed by atoms with Gasteiger partial charge in [0.15, 0.2) is 4.21 Å². The second kappa shape index (κ2) is 6.91. The van der Waals surface area contributed by atoms with Crippen LogP contribution in [0.2, 0.25) is 0 Å². The van der Waals surface area contributed by atoms with Crippen LogP contribution in [0.4, 0.5) is 5.69 Å². The van der Waals surface area contributed by atoms with Gasteiger partial charge in [0.2, 0.25) is 0 Å². The van der Waals surface area contributed by atoms with Crippen molar-refractivity contribution in [2.45, 2.75) is 30.6 Å². The highest BCUT2D eigenvalue weighted by Gasteiger charge is 2.19. The molecular formula is C14H17BrN2O2S2. The summed E-state index contributed by atoms with van der Waals surface area (Å²) in [6, 6.07) is 9.51. The van der Waals surface area contributed by atoms with Crippen molar-refractivity contribution in [1.82, 2.24) is 5.32 Å². The molecule has 1 heterocycles. The summed E-state index contributed by atoms with van der Waals surface area (Å²) in [7, 11) is -3.53. The van der Waals surface area contributed by atoms with Gasteiger partial charge < -0.3 is 5.32 Å². The molecule has 0 aliphatic rings. The molecule has 0 saturated carbocycles. The molecule has 1 aromatic carbocycles. The molecule has 4 nitrogen and oxygen atoms in total. The summed E-state index contributed by atoms with van der Waals surface area (Å²) in [5.41, 5.74) is 1.67. The first-order valence-corrected chi connectivity index (χ1v) is 9.62. The molecule has 1 aromatic heterocycles. The van der Waals surface area contributed by atoms with Gasteiger partial charge in [0.05, 0.1) is 0 Å². The largest absolute Gasteiger partial charge is 0.310 e. The van der Waals surface area contributed by atoms with Gasteiger partial charge in [0, 0.05) is 22.7 Å². The van der Waals surface area contributed by atoms with Crippen molar-refractivity contribution >= 4 is 43.0 Å². The quantitative estimate of drug-likeness (QED) is 0.790. The zero-order valence-corrected chi connectivity index (χ0v) is 15.0. The summed E-state index contributed by atoms with van der Waals surface area (Å²) in [5.74, 6) is 0. The molecule has 0 bridgehead atoms. The molecule has 0 aliphatic heterocycles. The van der Waals surface area contributed by atoms with E-state index in [1.807, 2.05) is 12.1 Å². The van der Waals surface area contributed by atoms with E-state index in [-0.39, 0.29) is 4.21 Å². The van der Waals surface area contributed by atoms with Crippen molar-refractivity contribution in [1.29, 1.82) is 0 Å². The molecule has 0 aliphatic carbocycles. The van der Waals surface area contributed by atoms with E-state index >= 15 is 0 Å². The van der Waals surface area contributed by atoms with Crippen molar-refractivity contribution in [2.24, 2.45) is 0 Å². The summed E-state index contributed by atoms with van der Waals surface area (Å²) < 4.78 is 27.9. The van der Waals surface area contributed by atoms with Gasteiger partial charge >= 0.3 is 0 Å². The average Bonchev–Trinajstić information content (AvgIpc) is 2.84. The van der Waals surface area contributed by atoms with E-state index in [2.05, 4.69) is 39.8 Å². The van der Waals surface area contributed by atoms with Crippen molar-refractivity contribution in [2.75, 3.05) is 4.72 Å². The number of thiophene rings is 1. The zero-order valence-electron chi connectivity index (χ0n) is 11.8. The lowest BCUT2D eigenvalue weighted by Gasteiger charge is -2.10. The van der Waals surface area contributed by atoms with Crippen molar-refractivity contribution in [3.63, 3.8) is 0 Å². The van der Waals surface area contributed by atoms with Crippen LogP contribution in [0.25, 0.3) is 0 Å². The normalized spacial score (nSPS) is 11.8. The highest BCUT2D eigenvalue weighted by molar-refractivity contribution is 9.10. The van der Waals surface area contributed by atoms with Gasteiger partial charge in [-0.2, -0.15) is 0 Å². The van der Waals surface area contributed by atoms with E-state index in [1.165, 1.54) is 11.3 Å². The average molecular weight is 389 g/mol. The molecule has 0 saturated heterocycles. The monoisotopic (exact) mass is 388 g/mol. The summed E-state index contributed by atoms with van der Waals surface area (Å²) in [6.45, 7) is 4.93. The molecule has 114 valence electrons. The van der Waals surface area contributed by atoms with E-state index in [9.17, 15) is 8.42 Å². The van der Waals surface area contributed by atoms with Crippen LogP contribution < -0.4 is 10.0 Å². The minimum atomic E-state index is -3.53. The summed E-state index contributed by atoms with van der Waals surface area (Å²) in [5, 5.41) is 5.05. The highest BCUT2D eigenvalue weighted by atomic mass is 79.9. The molecule has 2 rings (SSSR count). The molecule has 0 spiro atoms. The van der Waals surface area contributed by atoms with Crippen LogP contribution in [0.1, 0.15) is 19.4 Å². The number of benzene rings is 1. The van der Waals surface area contributed by atoms with Gasteiger partial charge in [-0.25, -0.2) is 8.42 Å². The third kappa shape index (κ3) is 4.54. The number of halogens is 1. The number of anilines is 1. The molecular weight excluding hydrogens is 372 g/mol. The van der Waals surface area contributed by atoms with Gasteiger partial charge in [0.1, 0.15) is 0 Å². The van der Waals surface area contributed by atoms with Crippen LogP contribution in [-0.4, -0.2) is 14.5 Å². The molecule has 7 heteroatoms. The summed E-state index contributed by atoms with van der Waals surface area (Å²) in [4.78, 5) is 0. The standard InChI is InChI=1S/C14H17BrN2O2S2/c1-10(2)16-9-11-3-5-12(6-4-11)17-21(18,19)14-13(15)7-8-20-14/h3-8,10,16-17H,9H2,1-2H3. The van der Waals surface area contributed by atoms with E-state index in [0.29, 0.717) is 16.2 Å². The summed E-state index contributed by atoms with van der Waals surface area (Å²) in [6.07, 6.45) is 0. The molecule has 0 radical (unpaired) electrons. The fourth-order valence-corrected chi connectivity index (χ4v) is 5.08. The molecule has 0 atom stereocenters. The molecule has 0 fully saturated rings. The number of sulfonamides is 1. The van der Waals surface area contributed by atoms with Gasteiger partial charge in [-0.1, -0.05) is 26.0 Å². The maximum absolute atomic E-state index is 12.2. The Morgan fingerprint density at radius 1 is 1.19 bits per heavy atom. The first kappa shape index (κ1) is 16.5. The maximum atomic E-state index is 12.2. The Balaban J connectivity index is 2.08. The van der Waals surface area contributed by atoms with E-state index in [4.69, 9.17) is 0 Å². The topological polar surface area (TPSA) is 58.2 Å². The lowest BCUT2D eigenvalue weighted by atomic mass is 10.2. The predicted octanol–water partition coefficient (Wildman–Crippen LogP) is 3.81. The fourth-order valence-electron chi connectivity index (χ4n) is 1.69. The Bertz CT molecular complexity index is 694. The van der Waals surface area contributed by atoms with E-state index in [0.717, 1.165) is 12.1 Å². The Morgan fingerprint density at radius 3 is 2.38 bits per heavy atom. The predicted molar refractivity (Wildman–Crippen MR) is 91.2 cm³/mol. The summed E-state index contributed by atoms with van der Waals surface area (Å²) >= 11 is 4.43. The van der Waals surface area contributed by atoms with Crippen LogP contribution in [-0.2, 0) is 16.6 Å². The molecule has 0 unspecified atom stereocenters.